The van der Waals surface area contributed by atoms with Crippen molar-refractivity contribution in [3.05, 3.63) is 52.1 Å². The second-order valence-electron chi connectivity index (χ2n) is 4.68. The number of hydrogen-bond acceptors (Lipinski definition) is 5. The van der Waals surface area contributed by atoms with Crippen molar-refractivity contribution in [2.45, 2.75) is 24.6 Å². The molecule has 2 rings (SSSR count). The van der Waals surface area contributed by atoms with E-state index in [2.05, 4.69) is 11.1 Å². The average molecular weight is 294 g/mol. The standard InChI is InChI=1S/C16H14N4S/c1-10-3-5-12(6-4-10)9-21-16-14(8-18)11(2)13(7-17)15(19)20-16/h3-6H,9H2,1-2H3,(H2,19,20). The van der Waals surface area contributed by atoms with Gasteiger partial charge in [-0.3, -0.25) is 0 Å². The Morgan fingerprint density at radius 1 is 1.10 bits per heavy atom. The predicted molar refractivity (Wildman–Crippen MR) is 83.6 cm³/mol. The van der Waals surface area contributed by atoms with Crippen molar-refractivity contribution in [1.29, 1.82) is 10.5 Å². The van der Waals surface area contributed by atoms with Gasteiger partial charge in [0.05, 0.1) is 11.1 Å². The van der Waals surface area contributed by atoms with Crippen molar-refractivity contribution >= 4 is 17.6 Å². The van der Waals surface area contributed by atoms with Crippen molar-refractivity contribution in [2.24, 2.45) is 0 Å². The number of benzene rings is 1. The molecule has 104 valence electrons. The Balaban J connectivity index is 2.31. The maximum Gasteiger partial charge on any atom is 0.143 e. The molecular weight excluding hydrogens is 280 g/mol. The lowest BCUT2D eigenvalue weighted by molar-refractivity contribution is 1.08. The summed E-state index contributed by atoms with van der Waals surface area (Å²) < 4.78 is 0. The molecule has 5 heteroatoms. The number of pyridine rings is 1. The fourth-order valence-electron chi connectivity index (χ4n) is 1.91. The molecule has 0 radical (unpaired) electrons. The fraction of sp³-hybridized carbons (Fsp3) is 0.188. The van der Waals surface area contributed by atoms with Crippen LogP contribution in [-0.4, -0.2) is 4.98 Å². The number of nitrogens with zero attached hydrogens (tertiary/aromatic N) is 3. The third-order valence-electron chi connectivity index (χ3n) is 3.16. The van der Waals surface area contributed by atoms with Crippen LogP contribution in [0.5, 0.6) is 0 Å². The van der Waals surface area contributed by atoms with Gasteiger partial charge < -0.3 is 5.73 Å². The summed E-state index contributed by atoms with van der Waals surface area (Å²) in [5, 5.41) is 18.9. The Labute approximate surface area is 128 Å². The molecule has 0 saturated carbocycles. The van der Waals surface area contributed by atoms with Gasteiger partial charge in [-0.25, -0.2) is 4.98 Å². The molecule has 0 bridgehead atoms. The van der Waals surface area contributed by atoms with Crippen LogP contribution in [0.3, 0.4) is 0 Å². The SMILES string of the molecule is Cc1ccc(CSc2nc(N)c(C#N)c(C)c2C#N)cc1. The number of thioether (sulfide) groups is 1. The molecule has 0 aliphatic carbocycles. The summed E-state index contributed by atoms with van der Waals surface area (Å²) in [4.78, 5) is 4.20. The first kappa shape index (κ1) is 14.9. The Morgan fingerprint density at radius 3 is 2.29 bits per heavy atom. The second-order valence-corrected chi connectivity index (χ2v) is 5.64. The van der Waals surface area contributed by atoms with Gasteiger partial charge in [-0.1, -0.05) is 29.8 Å². The van der Waals surface area contributed by atoms with Gasteiger partial charge in [0.1, 0.15) is 23.0 Å². The van der Waals surface area contributed by atoms with Crippen LogP contribution in [0.2, 0.25) is 0 Å². The van der Waals surface area contributed by atoms with E-state index in [1.54, 1.807) is 6.92 Å². The van der Waals surface area contributed by atoms with Crippen LogP contribution in [0.1, 0.15) is 27.8 Å². The molecule has 0 atom stereocenters. The molecule has 1 heterocycles. The molecule has 4 nitrogen and oxygen atoms in total. The highest BCUT2D eigenvalue weighted by molar-refractivity contribution is 7.98. The van der Waals surface area contributed by atoms with E-state index in [0.717, 1.165) is 5.56 Å². The monoisotopic (exact) mass is 294 g/mol. The molecule has 1 aromatic heterocycles. The maximum atomic E-state index is 9.29. The zero-order valence-corrected chi connectivity index (χ0v) is 12.7. The second kappa shape index (κ2) is 6.30. The Morgan fingerprint density at radius 2 is 1.71 bits per heavy atom. The van der Waals surface area contributed by atoms with Crippen molar-refractivity contribution in [1.82, 2.24) is 4.98 Å². The fourth-order valence-corrected chi connectivity index (χ4v) is 2.91. The molecule has 0 aliphatic heterocycles. The number of nitrogen functional groups attached to an aromatic ring is 1. The highest BCUT2D eigenvalue weighted by Crippen LogP contribution is 2.29. The summed E-state index contributed by atoms with van der Waals surface area (Å²) in [6.07, 6.45) is 0. The number of anilines is 1. The van der Waals surface area contributed by atoms with Crippen molar-refractivity contribution in [3.63, 3.8) is 0 Å². The van der Waals surface area contributed by atoms with Gasteiger partial charge in [0.2, 0.25) is 0 Å². The lowest BCUT2D eigenvalue weighted by Crippen LogP contribution is -2.03. The van der Waals surface area contributed by atoms with E-state index in [1.807, 2.05) is 37.3 Å². The van der Waals surface area contributed by atoms with Crippen LogP contribution < -0.4 is 5.73 Å². The number of rotatable bonds is 3. The first-order valence-electron chi connectivity index (χ1n) is 6.35. The van der Waals surface area contributed by atoms with Crippen molar-refractivity contribution < 1.29 is 0 Å². The van der Waals surface area contributed by atoms with Crippen LogP contribution in [-0.2, 0) is 5.75 Å². The van der Waals surface area contributed by atoms with E-state index in [-0.39, 0.29) is 11.4 Å². The third kappa shape index (κ3) is 3.16. The number of nitriles is 2. The summed E-state index contributed by atoms with van der Waals surface area (Å²) in [5.74, 6) is 0.882. The molecule has 2 aromatic rings. The van der Waals surface area contributed by atoms with Gasteiger partial charge in [-0.2, -0.15) is 10.5 Å². The molecule has 0 saturated heterocycles. The van der Waals surface area contributed by atoms with Crippen LogP contribution in [0.4, 0.5) is 5.82 Å². The van der Waals surface area contributed by atoms with Gasteiger partial charge in [-0.15, -0.1) is 11.8 Å². The average Bonchev–Trinajstić information content (AvgIpc) is 2.47. The summed E-state index contributed by atoms with van der Waals surface area (Å²) >= 11 is 1.46. The Kier molecular flexibility index (Phi) is 4.47. The minimum absolute atomic E-state index is 0.181. The van der Waals surface area contributed by atoms with Crippen LogP contribution in [0, 0.1) is 36.5 Å². The van der Waals surface area contributed by atoms with Crippen molar-refractivity contribution in [2.75, 3.05) is 5.73 Å². The highest BCUT2D eigenvalue weighted by atomic mass is 32.2. The normalized spacial score (nSPS) is 9.90. The lowest BCUT2D eigenvalue weighted by Gasteiger charge is -2.09. The number of nitrogens with two attached hydrogens (primary N) is 1. The van der Waals surface area contributed by atoms with Gasteiger partial charge in [0.15, 0.2) is 0 Å². The van der Waals surface area contributed by atoms with Crippen molar-refractivity contribution in [3.8, 4) is 12.1 Å². The van der Waals surface area contributed by atoms with E-state index in [9.17, 15) is 5.26 Å². The van der Waals surface area contributed by atoms with E-state index < -0.39 is 0 Å². The molecule has 21 heavy (non-hydrogen) atoms. The molecular formula is C16H14N4S. The van der Waals surface area contributed by atoms with Gasteiger partial charge in [-0.05, 0) is 25.0 Å². The quantitative estimate of drug-likeness (QED) is 0.877. The third-order valence-corrected chi connectivity index (χ3v) is 4.21. The summed E-state index contributed by atoms with van der Waals surface area (Å²) in [5.41, 5.74) is 9.45. The minimum atomic E-state index is 0.181. The number of hydrogen-bond donors (Lipinski definition) is 1. The number of aryl methyl sites for hydroxylation is 1. The molecule has 1 aromatic carbocycles. The van der Waals surface area contributed by atoms with Crippen LogP contribution in [0.25, 0.3) is 0 Å². The summed E-state index contributed by atoms with van der Waals surface area (Å²) in [6.45, 7) is 3.77. The Bertz CT molecular complexity index is 752. The number of aromatic nitrogens is 1. The zero-order chi connectivity index (χ0) is 15.4. The molecule has 0 amide bonds. The van der Waals surface area contributed by atoms with Crippen LogP contribution in [0.15, 0.2) is 29.3 Å². The molecule has 0 fully saturated rings. The Hall–Kier alpha value is -2.50. The first-order chi connectivity index (χ1) is 10.1. The van der Waals surface area contributed by atoms with E-state index in [1.165, 1.54) is 17.3 Å². The van der Waals surface area contributed by atoms with Gasteiger partial charge >= 0.3 is 0 Å². The summed E-state index contributed by atoms with van der Waals surface area (Å²) in [6, 6.07) is 12.3. The molecule has 0 spiro atoms. The van der Waals surface area contributed by atoms with Gasteiger partial charge in [0.25, 0.3) is 0 Å². The van der Waals surface area contributed by atoms with E-state index in [4.69, 9.17) is 11.0 Å². The maximum absolute atomic E-state index is 9.29. The lowest BCUT2D eigenvalue weighted by atomic mass is 10.1. The largest absolute Gasteiger partial charge is 0.383 e. The summed E-state index contributed by atoms with van der Waals surface area (Å²) in [7, 11) is 0. The molecule has 0 aliphatic rings. The highest BCUT2D eigenvalue weighted by Gasteiger charge is 2.15. The van der Waals surface area contributed by atoms with Gasteiger partial charge in [0, 0.05) is 5.75 Å². The predicted octanol–water partition coefficient (Wildman–Crippen LogP) is 3.32. The first-order valence-corrected chi connectivity index (χ1v) is 7.34. The molecule has 2 N–H and O–H groups in total. The smallest absolute Gasteiger partial charge is 0.143 e. The van der Waals surface area contributed by atoms with E-state index >= 15 is 0 Å². The zero-order valence-electron chi connectivity index (χ0n) is 11.8. The van der Waals surface area contributed by atoms with Crippen LogP contribution >= 0.6 is 11.8 Å². The minimum Gasteiger partial charge on any atom is -0.383 e. The molecule has 0 unspecified atom stereocenters. The van der Waals surface area contributed by atoms with E-state index in [0.29, 0.717) is 21.9 Å². The topological polar surface area (TPSA) is 86.5 Å².